The van der Waals surface area contributed by atoms with Gasteiger partial charge in [-0.2, -0.15) is 31.6 Å². The molecule has 4 nitrogen and oxygen atoms in total. The quantitative estimate of drug-likeness (QED) is 0.126. The number of nitrogens with zero attached hydrogens (tertiary/aromatic N) is 4. The molecule has 2 heterocycles. The minimum atomic E-state index is -4.55. The van der Waals surface area contributed by atoms with Crippen molar-refractivity contribution in [3.8, 4) is 50.8 Å². The molecular weight excluding hydrogens is 819 g/mol. The smallest absolute Gasteiger partial charge is 0.319 e. The highest BCUT2D eigenvalue weighted by atomic mass is 19.4. The largest absolute Gasteiger partial charge is 0.417 e. The van der Waals surface area contributed by atoms with Crippen molar-refractivity contribution in [1.29, 1.82) is 5.26 Å². The summed E-state index contributed by atoms with van der Waals surface area (Å²) in [4.78, 5) is 3.91. The Kier molecular flexibility index (Phi) is 9.25. The number of halogens is 6. The number of aromatic nitrogens is 2. The number of fused-ring (bicyclic) bond motifs is 6. The molecule has 2 aromatic heterocycles. The normalized spacial score (nSPS) is 12.0. The molecule has 0 radical (unpaired) electrons. The van der Waals surface area contributed by atoms with Crippen LogP contribution in [0.15, 0.2) is 158 Å². The molecule has 0 aliphatic rings. The first-order valence-electron chi connectivity index (χ1n) is 20.2. The van der Waals surface area contributed by atoms with Crippen molar-refractivity contribution in [3.05, 3.63) is 197 Å². The summed E-state index contributed by atoms with van der Waals surface area (Å²) in [6, 6.07) is 47.9. The second kappa shape index (κ2) is 14.8. The number of aryl methyl sites for hydroxylation is 2. The predicted octanol–water partition coefficient (Wildman–Crippen LogP) is 16.0. The highest BCUT2D eigenvalue weighted by Gasteiger charge is 2.34. The van der Waals surface area contributed by atoms with Gasteiger partial charge in [-0.3, -0.25) is 0 Å². The Balaban J connectivity index is 1.13. The topological polar surface area (TPSA) is 38.0 Å². The zero-order valence-electron chi connectivity index (χ0n) is 34.1. The highest BCUT2D eigenvalue weighted by Crippen LogP contribution is 2.43. The molecule has 0 amide bonds. The Labute approximate surface area is 362 Å². The minimum Gasteiger partial charge on any atom is -0.319 e. The SMILES string of the molecule is [C-]#[N+]c1ccc(-c2ccc(C#N)c(-n3c4ccccc4c4cc(-c5ccc(C)cc5C(F)(F)F)ccc43)c2)cc1-n1c2ccccc2c2cc(-c3ccc(C(F)(F)F)cc3C)ccc21. The van der Waals surface area contributed by atoms with Gasteiger partial charge in [-0.05, 0) is 126 Å². The lowest BCUT2D eigenvalue weighted by Crippen LogP contribution is -2.07. The fourth-order valence-electron chi connectivity index (χ4n) is 9.08. The van der Waals surface area contributed by atoms with Gasteiger partial charge in [0.25, 0.3) is 0 Å². The lowest BCUT2D eigenvalue weighted by atomic mass is 9.96. The summed E-state index contributed by atoms with van der Waals surface area (Å²) in [5, 5.41) is 13.8. The van der Waals surface area contributed by atoms with Crippen LogP contribution in [0, 0.1) is 31.8 Å². The molecule has 8 aromatic carbocycles. The fraction of sp³-hybridized carbons (Fsp3) is 0.0741. The van der Waals surface area contributed by atoms with Gasteiger partial charge in [0.05, 0.1) is 56.7 Å². The molecule has 0 N–H and O–H groups in total. The molecule has 0 fully saturated rings. The lowest BCUT2D eigenvalue weighted by Gasteiger charge is -2.16. The molecule has 10 heteroatoms. The Bertz CT molecular complexity index is 3650. The van der Waals surface area contributed by atoms with Crippen LogP contribution < -0.4 is 0 Å². The maximum absolute atomic E-state index is 14.3. The fourth-order valence-corrected chi connectivity index (χ4v) is 9.08. The molecule has 0 atom stereocenters. The molecule has 0 bridgehead atoms. The second-order valence-electron chi connectivity index (χ2n) is 15.9. The van der Waals surface area contributed by atoms with Gasteiger partial charge in [-0.25, -0.2) is 4.85 Å². The van der Waals surface area contributed by atoms with Crippen LogP contribution in [0.3, 0.4) is 0 Å². The monoisotopic (exact) mass is 850 g/mol. The second-order valence-corrected chi connectivity index (χ2v) is 15.9. The maximum atomic E-state index is 14.3. The summed E-state index contributed by atoms with van der Waals surface area (Å²) in [6.45, 7) is 11.5. The third-order valence-corrected chi connectivity index (χ3v) is 12.0. The van der Waals surface area contributed by atoms with Crippen molar-refractivity contribution in [2.75, 3.05) is 0 Å². The third-order valence-electron chi connectivity index (χ3n) is 12.0. The molecule has 0 aliphatic heterocycles. The lowest BCUT2D eigenvalue weighted by molar-refractivity contribution is -0.138. The van der Waals surface area contributed by atoms with Gasteiger partial charge >= 0.3 is 12.4 Å². The Hall–Kier alpha value is -8.08. The van der Waals surface area contributed by atoms with Crippen molar-refractivity contribution < 1.29 is 26.3 Å². The van der Waals surface area contributed by atoms with Crippen LogP contribution in [0.5, 0.6) is 0 Å². The van der Waals surface area contributed by atoms with Crippen molar-refractivity contribution in [1.82, 2.24) is 9.13 Å². The van der Waals surface area contributed by atoms with Gasteiger partial charge in [-0.15, -0.1) is 0 Å². The molecule has 64 heavy (non-hydrogen) atoms. The first kappa shape index (κ1) is 40.0. The number of rotatable bonds is 5. The number of para-hydroxylation sites is 2. The van der Waals surface area contributed by atoms with Crippen LogP contribution in [-0.4, -0.2) is 9.13 Å². The van der Waals surface area contributed by atoms with Crippen LogP contribution in [0.2, 0.25) is 0 Å². The Morgan fingerprint density at radius 3 is 1.61 bits per heavy atom. The van der Waals surface area contributed by atoms with Gasteiger partial charge < -0.3 is 9.13 Å². The zero-order valence-corrected chi connectivity index (χ0v) is 34.1. The summed E-state index contributed by atoms with van der Waals surface area (Å²) in [5.41, 5.74) is 8.10. The average molecular weight is 851 g/mol. The van der Waals surface area contributed by atoms with E-state index in [1.54, 1.807) is 50.2 Å². The molecule has 0 aliphatic carbocycles. The maximum Gasteiger partial charge on any atom is 0.417 e. The molecule has 10 aromatic rings. The Morgan fingerprint density at radius 1 is 0.500 bits per heavy atom. The van der Waals surface area contributed by atoms with Gasteiger partial charge in [0.2, 0.25) is 5.69 Å². The van der Waals surface area contributed by atoms with Gasteiger partial charge in [0, 0.05) is 21.5 Å². The van der Waals surface area contributed by atoms with Crippen LogP contribution in [0.25, 0.3) is 93.2 Å². The number of benzene rings is 8. The molecule has 310 valence electrons. The van der Waals surface area contributed by atoms with E-state index in [0.29, 0.717) is 50.4 Å². The predicted molar refractivity (Wildman–Crippen MR) is 242 cm³/mol. The van der Waals surface area contributed by atoms with Crippen LogP contribution in [0.1, 0.15) is 27.8 Å². The van der Waals surface area contributed by atoms with E-state index in [-0.39, 0.29) is 5.56 Å². The number of hydrogen-bond acceptors (Lipinski definition) is 1. The minimum absolute atomic E-state index is 0.0770. The molecular formula is C54H32F6N4. The molecule has 0 saturated heterocycles. The zero-order chi connectivity index (χ0) is 44.7. The van der Waals surface area contributed by atoms with E-state index in [0.717, 1.165) is 73.0 Å². The van der Waals surface area contributed by atoms with Crippen LogP contribution in [0.4, 0.5) is 32.0 Å². The van der Waals surface area contributed by atoms with E-state index in [1.807, 2.05) is 100 Å². The number of hydrogen-bond donors (Lipinski definition) is 0. The summed E-state index contributed by atoms with van der Waals surface area (Å²) < 4.78 is 87.5. The van der Waals surface area contributed by atoms with Gasteiger partial charge in [0.15, 0.2) is 0 Å². The van der Waals surface area contributed by atoms with E-state index in [9.17, 15) is 31.6 Å². The van der Waals surface area contributed by atoms with E-state index >= 15 is 0 Å². The standard InChI is InChI=1S/C54H32F6N4/c1-31-12-19-40(45(24-31)54(58,59)60)36-17-23-49-44(27-36)41-8-4-6-10-47(41)63(49)51-28-33(13-14-37(51)30-61)34-15-21-46(62-3)52(29-34)64-48-11-7-5-9-42(48)43-26-35(16-22-50(43)64)39-20-18-38(25-32(39)2)53(55,56)57/h4-29H,1-2H3. The van der Waals surface area contributed by atoms with Gasteiger partial charge in [-0.1, -0.05) is 90.5 Å². The van der Waals surface area contributed by atoms with E-state index in [2.05, 4.69) is 10.9 Å². The third kappa shape index (κ3) is 6.54. The average Bonchev–Trinajstić information content (AvgIpc) is 3.80. The van der Waals surface area contributed by atoms with Crippen LogP contribution >= 0.6 is 0 Å². The van der Waals surface area contributed by atoms with E-state index in [1.165, 1.54) is 12.1 Å². The number of nitriles is 1. The number of alkyl halides is 6. The van der Waals surface area contributed by atoms with Crippen molar-refractivity contribution in [2.45, 2.75) is 26.2 Å². The molecule has 0 unspecified atom stereocenters. The first-order chi connectivity index (χ1) is 30.7. The van der Waals surface area contributed by atoms with E-state index < -0.39 is 23.5 Å². The highest BCUT2D eigenvalue weighted by molar-refractivity contribution is 6.12. The summed E-state index contributed by atoms with van der Waals surface area (Å²) in [7, 11) is 0. The molecule has 0 spiro atoms. The summed E-state index contributed by atoms with van der Waals surface area (Å²) in [6.07, 6.45) is -9.01. The van der Waals surface area contributed by atoms with E-state index in [4.69, 9.17) is 6.57 Å². The van der Waals surface area contributed by atoms with Crippen LogP contribution in [-0.2, 0) is 12.4 Å². The summed E-state index contributed by atoms with van der Waals surface area (Å²) >= 11 is 0. The summed E-state index contributed by atoms with van der Waals surface area (Å²) in [5.74, 6) is 0. The Morgan fingerprint density at radius 2 is 1.03 bits per heavy atom. The molecule has 10 rings (SSSR count). The van der Waals surface area contributed by atoms with Crippen molar-refractivity contribution in [3.63, 3.8) is 0 Å². The molecule has 0 saturated carbocycles. The van der Waals surface area contributed by atoms with Crippen molar-refractivity contribution >= 4 is 49.3 Å². The first-order valence-corrected chi connectivity index (χ1v) is 20.2. The van der Waals surface area contributed by atoms with Crippen molar-refractivity contribution in [2.24, 2.45) is 0 Å². The van der Waals surface area contributed by atoms with Gasteiger partial charge in [0.1, 0.15) is 6.07 Å².